The predicted molar refractivity (Wildman–Crippen MR) is 99.6 cm³/mol. The second kappa shape index (κ2) is 10.2. The first kappa shape index (κ1) is 18.6. The standard InChI is InChI=1S/C20H20ClN3O/c21-11-12-23-20(25)19(13-22)16-24(14-17-7-3-1-4-8-17)15-18-9-5-2-6-10-18/h1-10,16H,11-12,14-15H2,(H,23,25)/b19-16-. The number of carbonyl (C=O) groups excluding carboxylic acids is 1. The number of hydrogen-bond acceptors (Lipinski definition) is 3. The van der Waals surface area contributed by atoms with E-state index in [0.717, 1.165) is 11.1 Å². The van der Waals surface area contributed by atoms with E-state index in [1.807, 2.05) is 71.6 Å². The van der Waals surface area contributed by atoms with E-state index in [0.29, 0.717) is 25.5 Å². The lowest BCUT2D eigenvalue weighted by Gasteiger charge is -2.21. The van der Waals surface area contributed by atoms with Crippen LogP contribution < -0.4 is 5.32 Å². The van der Waals surface area contributed by atoms with Crippen molar-refractivity contribution in [1.29, 1.82) is 5.26 Å². The maximum absolute atomic E-state index is 12.1. The van der Waals surface area contributed by atoms with E-state index in [1.54, 1.807) is 6.20 Å². The third-order valence-electron chi connectivity index (χ3n) is 3.51. The molecule has 128 valence electrons. The zero-order chi connectivity index (χ0) is 17.9. The molecule has 0 aliphatic rings. The number of amides is 1. The van der Waals surface area contributed by atoms with Gasteiger partial charge in [-0.1, -0.05) is 60.7 Å². The monoisotopic (exact) mass is 353 g/mol. The molecule has 25 heavy (non-hydrogen) atoms. The molecule has 0 atom stereocenters. The molecule has 0 aromatic heterocycles. The summed E-state index contributed by atoms with van der Waals surface area (Å²) in [6.45, 7) is 1.53. The summed E-state index contributed by atoms with van der Waals surface area (Å²) >= 11 is 5.59. The van der Waals surface area contributed by atoms with Crippen LogP contribution in [0.25, 0.3) is 0 Å². The molecule has 0 unspecified atom stereocenters. The number of nitrogens with zero attached hydrogens (tertiary/aromatic N) is 2. The highest BCUT2D eigenvalue weighted by atomic mass is 35.5. The van der Waals surface area contributed by atoms with Crippen LogP contribution in [0.15, 0.2) is 72.4 Å². The van der Waals surface area contributed by atoms with Gasteiger partial charge in [-0.2, -0.15) is 5.26 Å². The zero-order valence-corrected chi connectivity index (χ0v) is 14.6. The Morgan fingerprint density at radius 1 is 1.04 bits per heavy atom. The van der Waals surface area contributed by atoms with E-state index in [1.165, 1.54) is 0 Å². The second-order valence-corrected chi connectivity index (χ2v) is 5.85. The molecule has 0 saturated carbocycles. The molecular weight excluding hydrogens is 334 g/mol. The van der Waals surface area contributed by atoms with Gasteiger partial charge in [0.15, 0.2) is 0 Å². The van der Waals surface area contributed by atoms with Gasteiger partial charge in [-0.3, -0.25) is 4.79 Å². The molecule has 0 fully saturated rings. The maximum atomic E-state index is 12.1. The average Bonchev–Trinajstić information content (AvgIpc) is 2.65. The summed E-state index contributed by atoms with van der Waals surface area (Å²) in [5.74, 6) is -0.100. The Bertz CT molecular complexity index is 697. The minimum Gasteiger partial charge on any atom is -0.367 e. The highest BCUT2D eigenvalue weighted by molar-refractivity contribution is 6.18. The first-order chi connectivity index (χ1) is 12.2. The first-order valence-corrected chi connectivity index (χ1v) is 8.54. The molecule has 2 aromatic rings. The van der Waals surface area contributed by atoms with Gasteiger partial charge in [-0.25, -0.2) is 0 Å². The fraction of sp³-hybridized carbons (Fsp3) is 0.200. The molecular formula is C20H20ClN3O. The number of rotatable bonds is 8. The fourth-order valence-corrected chi connectivity index (χ4v) is 2.45. The lowest BCUT2D eigenvalue weighted by atomic mass is 10.1. The van der Waals surface area contributed by atoms with Crippen LogP contribution in [0.2, 0.25) is 0 Å². The third kappa shape index (κ3) is 6.33. The Kier molecular flexibility index (Phi) is 7.55. The van der Waals surface area contributed by atoms with Gasteiger partial charge in [-0.15, -0.1) is 11.6 Å². The van der Waals surface area contributed by atoms with Crippen molar-refractivity contribution in [3.63, 3.8) is 0 Å². The van der Waals surface area contributed by atoms with Gasteiger partial charge in [0, 0.05) is 31.7 Å². The van der Waals surface area contributed by atoms with Gasteiger partial charge in [0.05, 0.1) is 0 Å². The molecule has 0 aliphatic heterocycles. The van der Waals surface area contributed by atoms with E-state index >= 15 is 0 Å². The summed E-state index contributed by atoms with van der Waals surface area (Å²) in [6, 6.07) is 21.9. The molecule has 2 rings (SSSR count). The molecule has 5 heteroatoms. The highest BCUT2D eigenvalue weighted by Crippen LogP contribution is 2.12. The van der Waals surface area contributed by atoms with Crippen molar-refractivity contribution >= 4 is 17.5 Å². The van der Waals surface area contributed by atoms with Crippen molar-refractivity contribution < 1.29 is 4.79 Å². The summed E-state index contributed by atoms with van der Waals surface area (Å²) in [5, 5.41) is 12.0. The van der Waals surface area contributed by atoms with Crippen LogP contribution in [0.5, 0.6) is 0 Å². The first-order valence-electron chi connectivity index (χ1n) is 8.01. The zero-order valence-electron chi connectivity index (χ0n) is 13.9. The lowest BCUT2D eigenvalue weighted by molar-refractivity contribution is -0.117. The number of carbonyl (C=O) groups is 1. The van der Waals surface area contributed by atoms with Gasteiger partial charge < -0.3 is 10.2 Å². The van der Waals surface area contributed by atoms with E-state index in [9.17, 15) is 10.1 Å². The van der Waals surface area contributed by atoms with Crippen LogP contribution in [0.3, 0.4) is 0 Å². The molecule has 4 nitrogen and oxygen atoms in total. The molecule has 0 radical (unpaired) electrons. The summed E-state index contributed by atoms with van der Waals surface area (Å²) in [4.78, 5) is 14.0. The van der Waals surface area contributed by atoms with Crippen LogP contribution >= 0.6 is 11.6 Å². The number of halogens is 1. The minimum atomic E-state index is -0.408. The number of alkyl halides is 1. The van der Waals surface area contributed by atoms with Crippen LogP contribution in [-0.4, -0.2) is 23.2 Å². The summed E-state index contributed by atoms with van der Waals surface area (Å²) in [6.07, 6.45) is 1.61. The van der Waals surface area contributed by atoms with Crippen molar-refractivity contribution in [1.82, 2.24) is 10.2 Å². The van der Waals surface area contributed by atoms with Gasteiger partial charge in [0.2, 0.25) is 0 Å². The Balaban J connectivity index is 2.21. The van der Waals surface area contributed by atoms with Gasteiger partial charge in [0.25, 0.3) is 5.91 Å². The highest BCUT2D eigenvalue weighted by Gasteiger charge is 2.11. The van der Waals surface area contributed by atoms with Crippen molar-refractivity contribution in [3.05, 3.63) is 83.6 Å². The number of nitriles is 1. The molecule has 1 N–H and O–H groups in total. The second-order valence-electron chi connectivity index (χ2n) is 5.48. The van der Waals surface area contributed by atoms with E-state index in [4.69, 9.17) is 11.6 Å². The van der Waals surface area contributed by atoms with E-state index in [2.05, 4.69) is 5.32 Å². The lowest BCUT2D eigenvalue weighted by Crippen LogP contribution is -2.28. The normalized spacial score (nSPS) is 10.8. The van der Waals surface area contributed by atoms with E-state index in [-0.39, 0.29) is 5.57 Å². The Hall–Kier alpha value is -2.77. The number of hydrogen-bond donors (Lipinski definition) is 1. The van der Waals surface area contributed by atoms with Crippen LogP contribution in [0.1, 0.15) is 11.1 Å². The quantitative estimate of drug-likeness (QED) is 0.449. The van der Waals surface area contributed by atoms with Gasteiger partial charge in [0.1, 0.15) is 11.6 Å². The number of benzene rings is 2. The van der Waals surface area contributed by atoms with Crippen LogP contribution in [0.4, 0.5) is 0 Å². The summed E-state index contributed by atoms with van der Waals surface area (Å²) in [5.41, 5.74) is 2.28. The molecule has 0 bridgehead atoms. The van der Waals surface area contributed by atoms with Crippen molar-refractivity contribution in [2.45, 2.75) is 13.1 Å². The Morgan fingerprint density at radius 3 is 2.00 bits per heavy atom. The molecule has 2 aromatic carbocycles. The fourth-order valence-electron chi connectivity index (χ4n) is 2.36. The van der Waals surface area contributed by atoms with Crippen LogP contribution in [-0.2, 0) is 17.9 Å². The predicted octanol–water partition coefficient (Wildman–Crippen LogP) is 3.45. The summed E-state index contributed by atoms with van der Waals surface area (Å²) in [7, 11) is 0. The smallest absolute Gasteiger partial charge is 0.263 e. The average molecular weight is 354 g/mol. The Morgan fingerprint density at radius 2 is 1.56 bits per heavy atom. The molecule has 0 saturated heterocycles. The largest absolute Gasteiger partial charge is 0.367 e. The maximum Gasteiger partial charge on any atom is 0.263 e. The van der Waals surface area contributed by atoms with Crippen molar-refractivity contribution in [3.8, 4) is 6.07 Å². The van der Waals surface area contributed by atoms with Gasteiger partial charge in [-0.05, 0) is 11.1 Å². The molecule has 1 amide bonds. The molecule has 0 aliphatic carbocycles. The SMILES string of the molecule is N#C/C(=C/N(Cc1ccccc1)Cc1ccccc1)C(=O)NCCCl. The topological polar surface area (TPSA) is 56.1 Å². The molecule has 0 spiro atoms. The van der Waals surface area contributed by atoms with Crippen molar-refractivity contribution in [2.24, 2.45) is 0 Å². The third-order valence-corrected chi connectivity index (χ3v) is 3.70. The van der Waals surface area contributed by atoms with E-state index < -0.39 is 5.91 Å². The minimum absolute atomic E-state index is 0.0666. The van der Waals surface area contributed by atoms with Crippen molar-refractivity contribution in [2.75, 3.05) is 12.4 Å². The Labute approximate surface area is 153 Å². The van der Waals surface area contributed by atoms with Crippen LogP contribution in [0, 0.1) is 11.3 Å². The summed E-state index contributed by atoms with van der Waals surface area (Å²) < 4.78 is 0. The molecule has 0 heterocycles. The van der Waals surface area contributed by atoms with Gasteiger partial charge >= 0.3 is 0 Å². The number of nitrogens with one attached hydrogen (secondary N) is 1.